The number of ether oxygens (including phenoxy) is 1. The number of hydrogen-bond donors (Lipinski definition) is 2. The zero-order chi connectivity index (χ0) is 21.6. The average Bonchev–Trinajstić information content (AvgIpc) is 3.42. The molecule has 0 aliphatic rings. The molecule has 0 radical (unpaired) electrons. The molecule has 2 aromatic heterocycles. The molecule has 4 aromatic rings. The maximum absolute atomic E-state index is 12.4. The summed E-state index contributed by atoms with van der Waals surface area (Å²) >= 11 is 4.36. The monoisotopic (exact) mass is 469 g/mol. The van der Waals surface area contributed by atoms with Crippen molar-refractivity contribution < 1.29 is 9.53 Å². The first-order valence-corrected chi connectivity index (χ1v) is 12.0. The lowest BCUT2D eigenvalue weighted by Crippen LogP contribution is -2.13. The lowest BCUT2D eigenvalue weighted by atomic mass is 10.1. The van der Waals surface area contributed by atoms with E-state index in [2.05, 4.69) is 25.8 Å². The molecule has 158 valence electrons. The first-order valence-electron chi connectivity index (χ1n) is 9.29. The molecule has 0 saturated heterocycles. The van der Waals surface area contributed by atoms with Crippen molar-refractivity contribution in [3.05, 3.63) is 58.9 Å². The summed E-state index contributed by atoms with van der Waals surface area (Å²) in [6, 6.07) is 15.2. The van der Waals surface area contributed by atoms with Crippen LogP contribution in [0.5, 0.6) is 5.75 Å². The summed E-state index contributed by atoms with van der Waals surface area (Å²) in [5, 5.41) is 18.1. The van der Waals surface area contributed by atoms with E-state index in [1.54, 1.807) is 18.4 Å². The zero-order valence-corrected chi connectivity index (χ0v) is 19.2. The van der Waals surface area contributed by atoms with Crippen LogP contribution >= 0.6 is 34.4 Å². The van der Waals surface area contributed by atoms with Crippen molar-refractivity contribution in [1.82, 2.24) is 15.2 Å². The van der Waals surface area contributed by atoms with E-state index in [9.17, 15) is 4.79 Å². The van der Waals surface area contributed by atoms with Gasteiger partial charge < -0.3 is 15.4 Å². The van der Waals surface area contributed by atoms with Gasteiger partial charge in [0.2, 0.25) is 11.0 Å². The summed E-state index contributed by atoms with van der Waals surface area (Å²) in [6.07, 6.45) is 0. The number of carbonyl (C=O) groups excluding carboxylic acids is 1. The van der Waals surface area contributed by atoms with Gasteiger partial charge in [-0.15, -0.1) is 21.5 Å². The van der Waals surface area contributed by atoms with Crippen molar-refractivity contribution in [2.24, 2.45) is 0 Å². The van der Waals surface area contributed by atoms with Crippen molar-refractivity contribution in [3.8, 4) is 17.0 Å². The summed E-state index contributed by atoms with van der Waals surface area (Å²) in [5.41, 5.74) is 3.53. The van der Waals surface area contributed by atoms with Crippen LogP contribution in [0.2, 0.25) is 0 Å². The first-order chi connectivity index (χ1) is 15.1. The Balaban J connectivity index is 1.30. The number of thiazole rings is 1. The Morgan fingerprint density at radius 3 is 2.71 bits per heavy atom. The predicted molar refractivity (Wildman–Crippen MR) is 128 cm³/mol. The number of aryl methyl sites for hydroxylation is 1. The van der Waals surface area contributed by atoms with Gasteiger partial charge >= 0.3 is 0 Å². The number of rotatable bonds is 8. The lowest BCUT2D eigenvalue weighted by Gasteiger charge is -2.06. The van der Waals surface area contributed by atoms with Crippen molar-refractivity contribution in [2.45, 2.75) is 11.3 Å². The number of carbonyl (C=O) groups is 1. The third kappa shape index (κ3) is 5.81. The summed E-state index contributed by atoms with van der Waals surface area (Å²) in [7, 11) is 1.63. The van der Waals surface area contributed by atoms with Gasteiger partial charge in [0.15, 0.2) is 4.34 Å². The van der Waals surface area contributed by atoms with Gasteiger partial charge in [-0.3, -0.25) is 4.79 Å². The first kappa shape index (κ1) is 21.3. The van der Waals surface area contributed by atoms with Crippen molar-refractivity contribution in [2.75, 3.05) is 23.5 Å². The van der Waals surface area contributed by atoms with Gasteiger partial charge in [0.25, 0.3) is 0 Å². The van der Waals surface area contributed by atoms with Crippen LogP contribution in [-0.4, -0.2) is 34.0 Å². The number of aromatic nitrogens is 3. The minimum Gasteiger partial charge on any atom is -0.497 e. The third-order valence-electron chi connectivity index (χ3n) is 4.14. The highest BCUT2D eigenvalue weighted by Crippen LogP contribution is 2.29. The minimum atomic E-state index is -0.100. The quantitative estimate of drug-likeness (QED) is 0.332. The van der Waals surface area contributed by atoms with Crippen LogP contribution in [-0.2, 0) is 4.79 Å². The average molecular weight is 470 g/mol. The molecule has 0 spiro atoms. The molecule has 2 heterocycles. The highest BCUT2D eigenvalue weighted by atomic mass is 32.2. The van der Waals surface area contributed by atoms with Gasteiger partial charge in [-0.05, 0) is 43.3 Å². The zero-order valence-electron chi connectivity index (χ0n) is 16.8. The van der Waals surface area contributed by atoms with Crippen LogP contribution in [0.25, 0.3) is 11.3 Å². The summed E-state index contributed by atoms with van der Waals surface area (Å²) < 4.78 is 5.87. The topological polar surface area (TPSA) is 89.0 Å². The van der Waals surface area contributed by atoms with Crippen LogP contribution < -0.4 is 15.4 Å². The van der Waals surface area contributed by atoms with E-state index in [1.807, 2.05) is 60.8 Å². The number of methoxy groups -OCH3 is 1. The fourth-order valence-corrected chi connectivity index (χ4v) is 4.89. The number of thioether (sulfide) groups is 1. The molecule has 4 rings (SSSR count). The number of nitrogens with one attached hydrogen (secondary N) is 2. The molecule has 7 nitrogen and oxygen atoms in total. The SMILES string of the molecule is COc1ccc(Nc2nnc(SCC(=O)Nc3cccc(-c4csc(C)n4)c3)s2)cc1. The molecule has 31 heavy (non-hydrogen) atoms. The van der Waals surface area contributed by atoms with Crippen LogP contribution in [0.3, 0.4) is 0 Å². The molecule has 0 fully saturated rings. The van der Waals surface area contributed by atoms with E-state index in [-0.39, 0.29) is 11.7 Å². The number of benzene rings is 2. The number of anilines is 3. The number of hydrogen-bond acceptors (Lipinski definition) is 9. The van der Waals surface area contributed by atoms with E-state index in [0.29, 0.717) is 5.13 Å². The normalized spacial score (nSPS) is 10.6. The Morgan fingerprint density at radius 1 is 1.13 bits per heavy atom. The Labute approximate surface area is 191 Å². The molecule has 2 aromatic carbocycles. The molecule has 0 saturated carbocycles. The van der Waals surface area contributed by atoms with Crippen molar-refractivity contribution >= 4 is 56.8 Å². The van der Waals surface area contributed by atoms with E-state index < -0.39 is 0 Å². The van der Waals surface area contributed by atoms with Gasteiger partial charge in [0, 0.05) is 22.3 Å². The number of nitrogens with zero attached hydrogens (tertiary/aromatic N) is 3. The van der Waals surface area contributed by atoms with Crippen molar-refractivity contribution in [3.63, 3.8) is 0 Å². The maximum atomic E-state index is 12.4. The van der Waals surface area contributed by atoms with E-state index in [4.69, 9.17) is 4.74 Å². The van der Waals surface area contributed by atoms with Crippen LogP contribution in [0, 0.1) is 6.92 Å². The fourth-order valence-electron chi connectivity index (χ4n) is 2.69. The second kappa shape index (κ2) is 9.90. The summed E-state index contributed by atoms with van der Waals surface area (Å²) in [6.45, 7) is 1.97. The third-order valence-corrected chi connectivity index (χ3v) is 6.88. The standard InChI is InChI=1S/C21H19N5O2S3/c1-13-22-18(11-29-13)14-4-3-5-16(10-14)23-19(27)12-30-21-26-25-20(31-21)24-15-6-8-17(28-2)9-7-15/h3-11H,12H2,1-2H3,(H,23,27)(H,24,25). The molecular formula is C21H19N5O2S3. The molecule has 1 amide bonds. The van der Waals surface area contributed by atoms with Gasteiger partial charge in [-0.1, -0.05) is 35.2 Å². The summed E-state index contributed by atoms with van der Waals surface area (Å²) in [4.78, 5) is 16.9. The maximum Gasteiger partial charge on any atom is 0.234 e. The van der Waals surface area contributed by atoms with Gasteiger partial charge in [0.1, 0.15) is 5.75 Å². The predicted octanol–water partition coefficient (Wildman–Crippen LogP) is 5.45. The molecule has 0 aliphatic carbocycles. The molecule has 2 N–H and O–H groups in total. The van der Waals surface area contributed by atoms with Gasteiger partial charge in [-0.25, -0.2) is 4.98 Å². The molecule has 10 heteroatoms. The minimum absolute atomic E-state index is 0.100. The Bertz CT molecular complexity index is 1170. The highest BCUT2D eigenvalue weighted by Gasteiger charge is 2.10. The van der Waals surface area contributed by atoms with Crippen LogP contribution in [0.4, 0.5) is 16.5 Å². The molecule has 0 unspecified atom stereocenters. The highest BCUT2D eigenvalue weighted by molar-refractivity contribution is 8.01. The van der Waals surface area contributed by atoms with Crippen molar-refractivity contribution in [1.29, 1.82) is 0 Å². The Kier molecular flexibility index (Phi) is 6.80. The Hall–Kier alpha value is -2.95. The van der Waals surface area contributed by atoms with E-state index >= 15 is 0 Å². The molecular weight excluding hydrogens is 450 g/mol. The smallest absolute Gasteiger partial charge is 0.234 e. The largest absolute Gasteiger partial charge is 0.497 e. The van der Waals surface area contributed by atoms with Gasteiger partial charge in [-0.2, -0.15) is 0 Å². The Morgan fingerprint density at radius 2 is 1.97 bits per heavy atom. The molecule has 0 bridgehead atoms. The fraction of sp³-hybridized carbons (Fsp3) is 0.143. The second-order valence-electron chi connectivity index (χ2n) is 6.40. The molecule has 0 atom stereocenters. The van der Waals surface area contributed by atoms with Crippen LogP contribution in [0.15, 0.2) is 58.3 Å². The van der Waals surface area contributed by atoms with Crippen LogP contribution in [0.1, 0.15) is 5.01 Å². The second-order valence-corrected chi connectivity index (χ2v) is 9.66. The summed E-state index contributed by atoms with van der Waals surface area (Å²) in [5.74, 6) is 0.936. The van der Waals surface area contributed by atoms with E-state index in [1.165, 1.54) is 23.1 Å². The molecule has 0 aliphatic heterocycles. The van der Waals surface area contributed by atoms with Gasteiger partial charge in [0.05, 0.1) is 23.6 Å². The lowest BCUT2D eigenvalue weighted by molar-refractivity contribution is -0.113. The number of amides is 1. The van der Waals surface area contributed by atoms with E-state index in [0.717, 1.165) is 37.7 Å².